The molecular weight excluding hydrogens is 317 g/mol. The highest BCUT2D eigenvalue weighted by molar-refractivity contribution is 5.81. The molecule has 1 unspecified atom stereocenters. The average molecular weight is 330 g/mol. The molecule has 0 bridgehead atoms. The van der Waals surface area contributed by atoms with Crippen molar-refractivity contribution in [2.24, 2.45) is 0 Å². The number of hydrogen-bond donors (Lipinski definition) is 1. The molecule has 0 spiro atoms. The van der Waals surface area contributed by atoms with E-state index in [-0.39, 0.29) is 24.7 Å². The fraction of sp³-hybridized carbons (Fsp3) is 0.500. The highest BCUT2D eigenvalue weighted by Crippen LogP contribution is 2.28. The van der Waals surface area contributed by atoms with Gasteiger partial charge < -0.3 is 15.0 Å². The van der Waals surface area contributed by atoms with E-state index in [0.717, 1.165) is 0 Å². The highest BCUT2D eigenvalue weighted by Gasteiger charge is 2.38. The van der Waals surface area contributed by atoms with Crippen LogP contribution in [0.3, 0.4) is 0 Å². The van der Waals surface area contributed by atoms with Gasteiger partial charge in [-0.3, -0.25) is 4.79 Å². The normalized spacial score (nSPS) is 19.1. The Morgan fingerprint density at radius 1 is 1.39 bits per heavy atom. The molecule has 124 valence electrons. The Balaban J connectivity index is 1.92. The number of morpholine rings is 1. The molecule has 1 aliphatic heterocycles. The molecule has 3 rings (SSSR count). The predicted molar refractivity (Wildman–Crippen MR) is 71.8 cm³/mol. The van der Waals surface area contributed by atoms with Crippen molar-refractivity contribution in [1.29, 1.82) is 0 Å². The molecule has 1 N–H and O–H groups in total. The van der Waals surface area contributed by atoms with Crippen LogP contribution in [0.15, 0.2) is 12.1 Å². The summed E-state index contributed by atoms with van der Waals surface area (Å²) in [7, 11) is 1.49. The first kappa shape index (κ1) is 15.5. The molecule has 3 heterocycles. The summed E-state index contributed by atoms with van der Waals surface area (Å²) in [5.41, 5.74) is -0.00261. The predicted octanol–water partition coefficient (Wildman–Crippen LogP) is 0.0943. The molecule has 1 saturated heterocycles. The van der Waals surface area contributed by atoms with E-state index in [1.165, 1.54) is 19.2 Å². The van der Waals surface area contributed by atoms with Gasteiger partial charge in [0, 0.05) is 13.6 Å². The molecule has 1 aliphatic rings. The lowest BCUT2D eigenvalue weighted by atomic mass is 10.2. The minimum atomic E-state index is -4.65. The molecule has 0 saturated carbocycles. The number of nitrogens with zero attached hydrogens (tertiary/aromatic N) is 5. The number of carbonyl (C=O) groups excluding carboxylic acids is 1. The largest absolute Gasteiger partial charge is 0.453 e. The Morgan fingerprint density at radius 2 is 2.17 bits per heavy atom. The Kier molecular flexibility index (Phi) is 3.80. The number of nitrogens with one attached hydrogen (secondary N) is 1. The van der Waals surface area contributed by atoms with Crippen LogP contribution >= 0.6 is 0 Å². The van der Waals surface area contributed by atoms with Gasteiger partial charge in [0.25, 0.3) is 11.7 Å². The van der Waals surface area contributed by atoms with E-state index in [4.69, 9.17) is 4.74 Å². The maximum atomic E-state index is 12.9. The average Bonchev–Trinajstić information content (AvgIpc) is 2.97. The van der Waals surface area contributed by atoms with Crippen molar-refractivity contribution >= 4 is 17.4 Å². The van der Waals surface area contributed by atoms with Crippen LogP contribution in [0.4, 0.5) is 19.0 Å². The second kappa shape index (κ2) is 5.65. The summed E-state index contributed by atoms with van der Waals surface area (Å²) in [6.07, 6.45) is -5.35. The van der Waals surface area contributed by atoms with Crippen molar-refractivity contribution in [3.8, 4) is 0 Å². The lowest BCUT2D eigenvalue weighted by Gasteiger charge is -2.32. The van der Waals surface area contributed by atoms with E-state index in [9.17, 15) is 18.0 Å². The number of likely N-dealkylation sites (N-methyl/N-ethyl adjacent to an activating group) is 1. The molecule has 0 aromatic carbocycles. The molecule has 8 nitrogen and oxygen atoms in total. The van der Waals surface area contributed by atoms with Gasteiger partial charge in [-0.25, -0.2) is 0 Å². The first-order valence-electron chi connectivity index (χ1n) is 6.78. The third-order valence-corrected chi connectivity index (χ3v) is 3.43. The van der Waals surface area contributed by atoms with Crippen LogP contribution in [0.2, 0.25) is 0 Å². The van der Waals surface area contributed by atoms with Crippen molar-refractivity contribution in [1.82, 2.24) is 25.1 Å². The maximum Gasteiger partial charge on any atom is 0.453 e. The molecule has 11 heteroatoms. The van der Waals surface area contributed by atoms with Gasteiger partial charge in [0.1, 0.15) is 5.82 Å². The second-order valence-corrected chi connectivity index (χ2v) is 4.90. The van der Waals surface area contributed by atoms with Gasteiger partial charge in [-0.15, -0.1) is 15.3 Å². The van der Waals surface area contributed by atoms with E-state index >= 15 is 0 Å². The zero-order valence-electron chi connectivity index (χ0n) is 12.0. The number of anilines is 1. The summed E-state index contributed by atoms with van der Waals surface area (Å²) in [5.74, 6) is -1.19. The molecule has 1 atom stereocenters. The fourth-order valence-corrected chi connectivity index (χ4v) is 2.30. The van der Waals surface area contributed by atoms with Crippen LogP contribution in [0, 0.1) is 0 Å². The number of alkyl halides is 3. The van der Waals surface area contributed by atoms with E-state index in [1.54, 1.807) is 4.90 Å². The van der Waals surface area contributed by atoms with Gasteiger partial charge in [0.15, 0.2) is 11.8 Å². The van der Waals surface area contributed by atoms with Crippen LogP contribution in [0.5, 0.6) is 0 Å². The van der Waals surface area contributed by atoms with Gasteiger partial charge in [0.05, 0.1) is 13.2 Å². The number of fused-ring (bicyclic) bond motifs is 1. The summed E-state index contributed by atoms with van der Waals surface area (Å²) < 4.78 is 44.7. The lowest BCUT2D eigenvalue weighted by Crippen LogP contribution is -2.49. The molecule has 0 radical (unpaired) electrons. The van der Waals surface area contributed by atoms with Crippen molar-refractivity contribution in [3.63, 3.8) is 0 Å². The quantitative estimate of drug-likeness (QED) is 0.840. The molecule has 2 aromatic heterocycles. The first-order valence-corrected chi connectivity index (χ1v) is 6.78. The van der Waals surface area contributed by atoms with Crippen molar-refractivity contribution in [2.75, 3.05) is 31.6 Å². The van der Waals surface area contributed by atoms with Crippen molar-refractivity contribution in [2.45, 2.75) is 12.3 Å². The fourth-order valence-electron chi connectivity index (χ4n) is 2.30. The topological polar surface area (TPSA) is 84.7 Å². The number of halogens is 3. The van der Waals surface area contributed by atoms with E-state index in [2.05, 4.69) is 20.6 Å². The molecule has 1 fully saturated rings. The summed E-state index contributed by atoms with van der Waals surface area (Å²) in [6.45, 7) is 0.878. The second-order valence-electron chi connectivity index (χ2n) is 4.90. The Morgan fingerprint density at radius 3 is 2.87 bits per heavy atom. The molecule has 23 heavy (non-hydrogen) atoms. The van der Waals surface area contributed by atoms with Gasteiger partial charge in [-0.05, 0) is 12.1 Å². The summed E-state index contributed by atoms with van der Waals surface area (Å²) in [4.78, 5) is 13.3. The molecule has 1 amide bonds. The number of amides is 1. The van der Waals surface area contributed by atoms with E-state index in [0.29, 0.717) is 16.9 Å². The number of ether oxygens (including phenoxy) is 1. The van der Waals surface area contributed by atoms with Crippen molar-refractivity contribution in [3.05, 3.63) is 18.0 Å². The van der Waals surface area contributed by atoms with Gasteiger partial charge in [0.2, 0.25) is 0 Å². The number of hydrogen-bond acceptors (Lipinski definition) is 6. The summed E-state index contributed by atoms with van der Waals surface area (Å²) in [6, 6.07) is 2.94. The molecular formula is C12H13F3N6O2. The summed E-state index contributed by atoms with van der Waals surface area (Å²) in [5, 5.41) is 13.0. The van der Waals surface area contributed by atoms with Gasteiger partial charge in [-0.1, -0.05) is 0 Å². The summed E-state index contributed by atoms with van der Waals surface area (Å²) >= 11 is 0. The minimum Gasteiger partial charge on any atom is -0.365 e. The monoisotopic (exact) mass is 330 g/mol. The Hall–Kier alpha value is -2.43. The third-order valence-electron chi connectivity index (χ3n) is 3.43. The zero-order valence-corrected chi connectivity index (χ0v) is 12.0. The molecule has 0 aliphatic carbocycles. The van der Waals surface area contributed by atoms with Crippen LogP contribution in [-0.2, 0) is 15.7 Å². The van der Waals surface area contributed by atoms with Crippen LogP contribution < -0.4 is 10.2 Å². The Labute approximate surface area is 128 Å². The number of rotatable bonds is 2. The van der Waals surface area contributed by atoms with E-state index in [1.807, 2.05) is 0 Å². The zero-order chi connectivity index (χ0) is 16.6. The smallest absolute Gasteiger partial charge is 0.365 e. The van der Waals surface area contributed by atoms with Crippen molar-refractivity contribution < 1.29 is 22.7 Å². The van der Waals surface area contributed by atoms with Crippen LogP contribution in [0.1, 0.15) is 5.82 Å². The number of aromatic nitrogens is 4. The van der Waals surface area contributed by atoms with E-state index < -0.39 is 18.1 Å². The van der Waals surface area contributed by atoms with Crippen LogP contribution in [0.25, 0.3) is 5.65 Å². The SMILES string of the molecule is CNC(=O)C1CN(c2ccc3nnc(C(F)(F)F)n3n2)CCO1. The standard InChI is InChI=1S/C12H13F3N6O2/c1-16-10(22)7-6-20(4-5-23-7)9-3-2-8-17-18-11(12(13,14)15)21(8)19-9/h2-3,7H,4-6H2,1H3,(H,16,22). The highest BCUT2D eigenvalue weighted by atomic mass is 19.4. The molecule has 2 aromatic rings. The Bertz CT molecular complexity index is 731. The van der Waals surface area contributed by atoms with Gasteiger partial charge >= 0.3 is 6.18 Å². The van der Waals surface area contributed by atoms with Crippen LogP contribution in [-0.4, -0.2) is 58.6 Å². The number of carbonyl (C=O) groups is 1. The minimum absolute atomic E-state index is 0.00261. The lowest BCUT2D eigenvalue weighted by molar-refractivity contribution is -0.146. The maximum absolute atomic E-state index is 12.9. The van der Waals surface area contributed by atoms with Gasteiger partial charge in [-0.2, -0.15) is 17.7 Å². The third kappa shape index (κ3) is 2.91. The first-order chi connectivity index (χ1) is 10.9.